The second kappa shape index (κ2) is 8.82. The Kier molecular flexibility index (Phi) is 6.75. The monoisotopic (exact) mass is 317 g/mol. The van der Waals surface area contributed by atoms with E-state index in [0.29, 0.717) is 0 Å². The van der Waals surface area contributed by atoms with Crippen molar-refractivity contribution in [2.75, 3.05) is 26.2 Å². The molecule has 2 aromatic carbocycles. The molecule has 0 aliphatic heterocycles. The van der Waals surface area contributed by atoms with Crippen LogP contribution in [-0.4, -0.2) is 31.1 Å². The van der Waals surface area contributed by atoms with Gasteiger partial charge < -0.3 is 9.64 Å². The van der Waals surface area contributed by atoms with Crippen molar-refractivity contribution >= 4 is 11.6 Å². The van der Waals surface area contributed by atoms with Crippen LogP contribution in [0.1, 0.15) is 20.3 Å². The number of hydrogen-bond donors (Lipinski definition) is 0. The molecule has 3 heteroatoms. The van der Waals surface area contributed by atoms with Crippen molar-refractivity contribution in [3.63, 3.8) is 0 Å². The molecular weight excluding hydrogens is 294 g/mol. The summed E-state index contributed by atoms with van der Waals surface area (Å²) in [5.74, 6) is 0.898. The van der Waals surface area contributed by atoms with E-state index in [4.69, 9.17) is 16.3 Å². The Labute approximate surface area is 138 Å². The van der Waals surface area contributed by atoms with Gasteiger partial charge in [-0.3, -0.25) is 0 Å². The average Bonchev–Trinajstić information content (AvgIpc) is 2.57. The number of halogens is 1. The molecule has 2 rings (SSSR count). The summed E-state index contributed by atoms with van der Waals surface area (Å²) in [5.41, 5.74) is 2.18. The molecule has 0 N–H and O–H groups in total. The van der Waals surface area contributed by atoms with Crippen molar-refractivity contribution in [1.29, 1.82) is 0 Å². The molecule has 0 aliphatic carbocycles. The standard InChI is InChI=1S/C19H24ClNO/c1-3-21(4-2)13-8-14-22-19-12-11-17(20)15-18(19)16-9-6-5-7-10-16/h5-7,9-12,15H,3-4,8,13-14H2,1-2H3. The van der Waals surface area contributed by atoms with E-state index in [9.17, 15) is 0 Å². The molecule has 0 radical (unpaired) electrons. The van der Waals surface area contributed by atoms with E-state index in [2.05, 4.69) is 30.9 Å². The van der Waals surface area contributed by atoms with Gasteiger partial charge in [-0.1, -0.05) is 55.8 Å². The van der Waals surface area contributed by atoms with Crippen molar-refractivity contribution < 1.29 is 4.74 Å². The predicted molar refractivity (Wildman–Crippen MR) is 94.8 cm³/mol. The van der Waals surface area contributed by atoms with Crippen molar-refractivity contribution in [2.45, 2.75) is 20.3 Å². The maximum atomic E-state index is 6.14. The van der Waals surface area contributed by atoms with E-state index in [0.717, 1.165) is 54.6 Å². The van der Waals surface area contributed by atoms with Crippen LogP contribution in [0.5, 0.6) is 5.75 Å². The number of benzene rings is 2. The summed E-state index contributed by atoms with van der Waals surface area (Å²) in [4.78, 5) is 2.41. The largest absolute Gasteiger partial charge is 0.493 e. The summed E-state index contributed by atoms with van der Waals surface area (Å²) in [5, 5.41) is 0.731. The molecule has 0 bridgehead atoms. The summed E-state index contributed by atoms with van der Waals surface area (Å²) >= 11 is 6.14. The van der Waals surface area contributed by atoms with Gasteiger partial charge in [0.05, 0.1) is 6.61 Å². The molecule has 0 aromatic heterocycles. The van der Waals surface area contributed by atoms with Gasteiger partial charge in [-0.15, -0.1) is 0 Å². The van der Waals surface area contributed by atoms with E-state index in [-0.39, 0.29) is 0 Å². The zero-order chi connectivity index (χ0) is 15.8. The lowest BCUT2D eigenvalue weighted by Gasteiger charge is -2.18. The normalized spacial score (nSPS) is 10.9. The van der Waals surface area contributed by atoms with Crippen LogP contribution in [0.25, 0.3) is 11.1 Å². The number of nitrogens with zero attached hydrogens (tertiary/aromatic N) is 1. The van der Waals surface area contributed by atoms with Gasteiger partial charge in [0.25, 0.3) is 0 Å². The van der Waals surface area contributed by atoms with Gasteiger partial charge >= 0.3 is 0 Å². The molecule has 0 unspecified atom stereocenters. The quantitative estimate of drug-likeness (QED) is 0.627. The Morgan fingerprint density at radius 1 is 1.00 bits per heavy atom. The van der Waals surface area contributed by atoms with E-state index in [1.165, 1.54) is 0 Å². The summed E-state index contributed by atoms with van der Waals surface area (Å²) in [6.45, 7) is 8.35. The predicted octanol–water partition coefficient (Wildman–Crippen LogP) is 5.12. The molecule has 118 valence electrons. The van der Waals surface area contributed by atoms with Crippen LogP contribution in [0.4, 0.5) is 0 Å². The molecular formula is C19H24ClNO. The maximum Gasteiger partial charge on any atom is 0.127 e. The average molecular weight is 318 g/mol. The van der Waals surface area contributed by atoms with Crippen molar-refractivity contribution in [2.24, 2.45) is 0 Å². The van der Waals surface area contributed by atoms with Gasteiger partial charge in [-0.25, -0.2) is 0 Å². The molecule has 0 atom stereocenters. The third kappa shape index (κ3) is 4.75. The van der Waals surface area contributed by atoms with Gasteiger partial charge in [0.15, 0.2) is 0 Å². The van der Waals surface area contributed by atoms with Crippen molar-refractivity contribution in [3.05, 3.63) is 53.6 Å². The first-order valence-electron chi connectivity index (χ1n) is 7.94. The van der Waals surface area contributed by atoms with E-state index < -0.39 is 0 Å². The topological polar surface area (TPSA) is 12.5 Å². The lowest BCUT2D eigenvalue weighted by molar-refractivity contribution is 0.249. The maximum absolute atomic E-state index is 6.14. The van der Waals surface area contributed by atoms with Crippen LogP contribution in [0.2, 0.25) is 5.02 Å². The van der Waals surface area contributed by atoms with Crippen LogP contribution >= 0.6 is 11.6 Å². The van der Waals surface area contributed by atoms with E-state index in [1.807, 2.05) is 36.4 Å². The van der Waals surface area contributed by atoms with Crippen LogP contribution in [0.15, 0.2) is 48.5 Å². The highest BCUT2D eigenvalue weighted by Gasteiger charge is 2.07. The van der Waals surface area contributed by atoms with Gasteiger partial charge in [0.1, 0.15) is 5.75 Å². The summed E-state index contributed by atoms with van der Waals surface area (Å²) in [7, 11) is 0. The third-order valence-electron chi connectivity index (χ3n) is 3.80. The fourth-order valence-electron chi connectivity index (χ4n) is 2.48. The molecule has 0 saturated heterocycles. The summed E-state index contributed by atoms with van der Waals surface area (Å²) < 4.78 is 6.00. The molecule has 0 aliphatic rings. The van der Waals surface area contributed by atoms with Gasteiger partial charge in [0, 0.05) is 17.1 Å². The first kappa shape index (κ1) is 16.9. The summed E-state index contributed by atoms with van der Waals surface area (Å²) in [6, 6.07) is 16.0. The SMILES string of the molecule is CCN(CC)CCCOc1ccc(Cl)cc1-c1ccccc1. The minimum absolute atomic E-state index is 0.720. The second-order valence-corrected chi connectivity index (χ2v) is 5.67. The van der Waals surface area contributed by atoms with Crippen LogP contribution < -0.4 is 4.74 Å². The van der Waals surface area contributed by atoms with E-state index >= 15 is 0 Å². The minimum Gasteiger partial charge on any atom is -0.493 e. The number of hydrogen-bond acceptors (Lipinski definition) is 2. The Morgan fingerprint density at radius 2 is 1.73 bits per heavy atom. The highest BCUT2D eigenvalue weighted by Crippen LogP contribution is 2.32. The molecule has 2 aromatic rings. The number of rotatable bonds is 8. The lowest BCUT2D eigenvalue weighted by Crippen LogP contribution is -2.25. The van der Waals surface area contributed by atoms with Gasteiger partial charge in [-0.2, -0.15) is 0 Å². The Balaban J connectivity index is 2.02. The van der Waals surface area contributed by atoms with Gasteiger partial charge in [0.2, 0.25) is 0 Å². The Hall–Kier alpha value is -1.51. The first-order valence-corrected chi connectivity index (χ1v) is 8.32. The molecule has 22 heavy (non-hydrogen) atoms. The molecule has 0 saturated carbocycles. The molecule has 2 nitrogen and oxygen atoms in total. The minimum atomic E-state index is 0.720. The fourth-order valence-corrected chi connectivity index (χ4v) is 2.65. The lowest BCUT2D eigenvalue weighted by atomic mass is 10.0. The molecule has 0 heterocycles. The zero-order valence-electron chi connectivity index (χ0n) is 13.4. The van der Waals surface area contributed by atoms with Crippen molar-refractivity contribution in [1.82, 2.24) is 4.90 Å². The third-order valence-corrected chi connectivity index (χ3v) is 4.03. The fraction of sp³-hybridized carbons (Fsp3) is 0.368. The highest BCUT2D eigenvalue weighted by atomic mass is 35.5. The summed E-state index contributed by atoms with van der Waals surface area (Å²) in [6.07, 6.45) is 1.03. The zero-order valence-corrected chi connectivity index (χ0v) is 14.1. The second-order valence-electron chi connectivity index (χ2n) is 5.24. The van der Waals surface area contributed by atoms with Crippen LogP contribution in [-0.2, 0) is 0 Å². The van der Waals surface area contributed by atoms with Crippen LogP contribution in [0.3, 0.4) is 0 Å². The Morgan fingerprint density at radius 3 is 2.41 bits per heavy atom. The molecule has 0 spiro atoms. The van der Waals surface area contributed by atoms with Crippen LogP contribution in [0, 0.1) is 0 Å². The Bertz CT molecular complexity index is 567. The first-order chi connectivity index (χ1) is 10.7. The number of ether oxygens (including phenoxy) is 1. The smallest absolute Gasteiger partial charge is 0.127 e. The molecule has 0 amide bonds. The van der Waals surface area contributed by atoms with Gasteiger partial charge in [-0.05, 0) is 43.3 Å². The highest BCUT2D eigenvalue weighted by molar-refractivity contribution is 6.31. The van der Waals surface area contributed by atoms with Crippen molar-refractivity contribution in [3.8, 4) is 16.9 Å². The molecule has 0 fully saturated rings. The van der Waals surface area contributed by atoms with E-state index in [1.54, 1.807) is 0 Å².